The van der Waals surface area contributed by atoms with Gasteiger partial charge in [-0.25, -0.2) is 4.79 Å². The van der Waals surface area contributed by atoms with Crippen molar-refractivity contribution in [2.45, 2.75) is 33.7 Å². The fourth-order valence-electron chi connectivity index (χ4n) is 1.26. The second-order valence-corrected chi connectivity index (χ2v) is 6.09. The number of nitrogens with one attached hydrogen (secondary N) is 1. The summed E-state index contributed by atoms with van der Waals surface area (Å²) in [7, 11) is 0. The van der Waals surface area contributed by atoms with Crippen molar-refractivity contribution in [1.29, 1.82) is 0 Å². The van der Waals surface area contributed by atoms with Gasteiger partial charge in [0.1, 0.15) is 0 Å². The van der Waals surface area contributed by atoms with Crippen LogP contribution >= 0.6 is 11.3 Å². The van der Waals surface area contributed by atoms with E-state index >= 15 is 0 Å². The lowest BCUT2D eigenvalue weighted by molar-refractivity contribution is 0.0697. The van der Waals surface area contributed by atoms with E-state index in [1.807, 2.05) is 0 Å². The van der Waals surface area contributed by atoms with E-state index < -0.39 is 5.97 Å². The molecule has 0 amide bonds. The number of thiophene rings is 1. The number of aromatic carboxylic acids is 1. The van der Waals surface area contributed by atoms with Crippen LogP contribution in [-0.4, -0.2) is 17.6 Å². The lowest BCUT2D eigenvalue weighted by Gasteiger charge is -2.17. The van der Waals surface area contributed by atoms with Gasteiger partial charge < -0.3 is 10.4 Å². The number of carbonyl (C=O) groups is 1. The summed E-state index contributed by atoms with van der Waals surface area (Å²) in [6, 6.07) is 1.73. The molecule has 0 aliphatic heterocycles. The Morgan fingerprint density at radius 2 is 2.19 bits per heavy atom. The Balaban J connectivity index is 2.30. The molecule has 1 aromatic rings. The van der Waals surface area contributed by atoms with E-state index in [2.05, 4.69) is 26.1 Å². The topological polar surface area (TPSA) is 49.3 Å². The molecule has 0 spiro atoms. The van der Waals surface area contributed by atoms with Gasteiger partial charge in [0, 0.05) is 16.8 Å². The highest BCUT2D eigenvalue weighted by atomic mass is 32.1. The molecule has 0 atom stereocenters. The van der Waals surface area contributed by atoms with Crippen LogP contribution in [0, 0.1) is 5.41 Å². The summed E-state index contributed by atoms with van der Waals surface area (Å²) in [5, 5.41) is 13.8. The van der Waals surface area contributed by atoms with Crippen LogP contribution in [0.3, 0.4) is 0 Å². The third-order valence-electron chi connectivity index (χ3n) is 2.25. The van der Waals surface area contributed by atoms with E-state index in [4.69, 9.17) is 5.11 Å². The van der Waals surface area contributed by atoms with E-state index in [0.717, 1.165) is 24.4 Å². The van der Waals surface area contributed by atoms with E-state index in [9.17, 15) is 4.79 Å². The molecule has 0 aliphatic carbocycles. The third kappa shape index (κ3) is 4.77. The minimum Gasteiger partial charge on any atom is -0.478 e. The van der Waals surface area contributed by atoms with Crippen LogP contribution in [0.15, 0.2) is 11.4 Å². The van der Waals surface area contributed by atoms with Crippen molar-refractivity contribution in [2.75, 3.05) is 6.54 Å². The molecular weight excluding hydrogens is 222 g/mol. The second kappa shape index (κ2) is 5.46. The minimum absolute atomic E-state index is 0.342. The van der Waals surface area contributed by atoms with Crippen LogP contribution in [0.4, 0.5) is 0 Å². The summed E-state index contributed by atoms with van der Waals surface area (Å²) in [6.45, 7) is 8.35. The van der Waals surface area contributed by atoms with Crippen molar-refractivity contribution in [3.63, 3.8) is 0 Å². The third-order valence-corrected chi connectivity index (χ3v) is 3.19. The van der Waals surface area contributed by atoms with Crippen LogP contribution in [0.5, 0.6) is 0 Å². The fraction of sp³-hybridized carbons (Fsp3) is 0.583. The molecule has 0 radical (unpaired) electrons. The Labute approximate surface area is 100 Å². The summed E-state index contributed by atoms with van der Waals surface area (Å²) in [5.41, 5.74) is 0.729. The Morgan fingerprint density at radius 3 is 2.69 bits per heavy atom. The monoisotopic (exact) mass is 241 g/mol. The zero-order valence-electron chi connectivity index (χ0n) is 10.0. The predicted molar refractivity (Wildman–Crippen MR) is 67.1 cm³/mol. The molecule has 0 unspecified atom stereocenters. The summed E-state index contributed by atoms with van der Waals surface area (Å²) in [5.74, 6) is -0.850. The Hall–Kier alpha value is -0.870. The van der Waals surface area contributed by atoms with Crippen LogP contribution in [-0.2, 0) is 6.54 Å². The maximum absolute atomic E-state index is 10.7. The highest BCUT2D eigenvalue weighted by Gasteiger charge is 2.09. The van der Waals surface area contributed by atoms with Gasteiger partial charge in [-0.1, -0.05) is 20.8 Å². The molecule has 0 saturated heterocycles. The molecule has 90 valence electrons. The van der Waals surface area contributed by atoms with Gasteiger partial charge in [0.15, 0.2) is 0 Å². The molecule has 16 heavy (non-hydrogen) atoms. The average molecular weight is 241 g/mol. The molecule has 1 heterocycles. The quantitative estimate of drug-likeness (QED) is 0.779. The maximum atomic E-state index is 10.7. The number of rotatable bonds is 5. The van der Waals surface area contributed by atoms with E-state index in [-0.39, 0.29) is 0 Å². The second-order valence-electron chi connectivity index (χ2n) is 5.09. The van der Waals surface area contributed by atoms with Crippen LogP contribution in [0.2, 0.25) is 0 Å². The average Bonchev–Trinajstić information content (AvgIpc) is 2.59. The van der Waals surface area contributed by atoms with Gasteiger partial charge in [0.05, 0.1) is 5.56 Å². The SMILES string of the molecule is CC(C)(C)CCNCc1cc(C(=O)O)cs1. The number of hydrogen-bond donors (Lipinski definition) is 2. The molecule has 3 nitrogen and oxygen atoms in total. The molecule has 0 aromatic carbocycles. The lowest BCUT2D eigenvalue weighted by Crippen LogP contribution is -2.19. The summed E-state index contributed by atoms with van der Waals surface area (Å²) in [6.07, 6.45) is 1.12. The Kier molecular flexibility index (Phi) is 4.50. The first kappa shape index (κ1) is 13.2. The highest BCUT2D eigenvalue weighted by molar-refractivity contribution is 7.10. The first-order valence-corrected chi connectivity index (χ1v) is 6.28. The van der Waals surface area contributed by atoms with E-state index in [1.165, 1.54) is 11.3 Å². The zero-order valence-corrected chi connectivity index (χ0v) is 10.9. The van der Waals surface area contributed by atoms with Gasteiger partial charge in [-0.15, -0.1) is 11.3 Å². The lowest BCUT2D eigenvalue weighted by atomic mass is 9.92. The smallest absolute Gasteiger partial charge is 0.336 e. The van der Waals surface area contributed by atoms with Gasteiger partial charge >= 0.3 is 5.97 Å². The standard InChI is InChI=1S/C12H19NO2S/c1-12(2,3)4-5-13-7-10-6-9(8-16-10)11(14)15/h6,8,13H,4-5,7H2,1-3H3,(H,14,15). The van der Waals surface area contributed by atoms with Gasteiger partial charge in [0.2, 0.25) is 0 Å². The highest BCUT2D eigenvalue weighted by Crippen LogP contribution is 2.18. The van der Waals surface area contributed by atoms with Crippen molar-refractivity contribution in [2.24, 2.45) is 5.41 Å². The summed E-state index contributed by atoms with van der Waals surface area (Å²) >= 11 is 1.49. The number of carboxylic acids is 1. The Bertz CT molecular complexity index is 352. The largest absolute Gasteiger partial charge is 0.478 e. The van der Waals surface area contributed by atoms with Gasteiger partial charge in [-0.2, -0.15) is 0 Å². The molecule has 1 aromatic heterocycles. The first-order chi connectivity index (χ1) is 7.38. The van der Waals surface area contributed by atoms with Crippen LogP contribution in [0.25, 0.3) is 0 Å². The van der Waals surface area contributed by atoms with E-state index in [1.54, 1.807) is 11.4 Å². The fourth-order valence-corrected chi connectivity index (χ4v) is 2.09. The van der Waals surface area contributed by atoms with Gasteiger partial charge in [-0.3, -0.25) is 0 Å². The van der Waals surface area contributed by atoms with E-state index in [0.29, 0.717) is 11.0 Å². The van der Waals surface area contributed by atoms with Crippen molar-refractivity contribution < 1.29 is 9.90 Å². The maximum Gasteiger partial charge on any atom is 0.336 e. The van der Waals surface area contributed by atoms with Crippen molar-refractivity contribution >= 4 is 17.3 Å². The molecule has 1 rings (SSSR count). The number of hydrogen-bond acceptors (Lipinski definition) is 3. The molecule has 0 fully saturated rings. The zero-order chi connectivity index (χ0) is 12.2. The normalized spacial score (nSPS) is 11.7. The molecule has 2 N–H and O–H groups in total. The Morgan fingerprint density at radius 1 is 1.50 bits per heavy atom. The molecule has 0 bridgehead atoms. The summed E-state index contributed by atoms with van der Waals surface area (Å²) in [4.78, 5) is 11.7. The van der Waals surface area contributed by atoms with Crippen LogP contribution < -0.4 is 5.32 Å². The van der Waals surface area contributed by atoms with Crippen molar-refractivity contribution in [3.05, 3.63) is 21.9 Å². The van der Waals surface area contributed by atoms with Gasteiger partial charge in [0.25, 0.3) is 0 Å². The first-order valence-electron chi connectivity index (χ1n) is 5.40. The molecule has 0 saturated carbocycles. The van der Waals surface area contributed by atoms with Gasteiger partial charge in [-0.05, 0) is 24.4 Å². The van der Waals surface area contributed by atoms with Crippen molar-refractivity contribution in [1.82, 2.24) is 5.32 Å². The minimum atomic E-state index is -0.850. The molecule has 0 aliphatic rings. The number of carboxylic acid groups (broad SMARTS) is 1. The predicted octanol–water partition coefficient (Wildman–Crippen LogP) is 2.97. The van der Waals surface area contributed by atoms with Crippen LogP contribution in [0.1, 0.15) is 42.4 Å². The summed E-state index contributed by atoms with van der Waals surface area (Å²) < 4.78 is 0. The molecular formula is C12H19NO2S. The van der Waals surface area contributed by atoms with Crippen molar-refractivity contribution in [3.8, 4) is 0 Å². The molecule has 4 heteroatoms.